The highest BCUT2D eigenvalue weighted by Crippen LogP contribution is 2.45. The Balaban J connectivity index is 1.52. The van der Waals surface area contributed by atoms with Gasteiger partial charge in [-0.3, -0.25) is 14.9 Å². The molecule has 0 saturated heterocycles. The molecule has 1 aliphatic rings. The number of nitrogens with one attached hydrogen (secondary N) is 3. The number of carbonyl (C=O) groups is 2. The van der Waals surface area contributed by atoms with E-state index in [1.54, 1.807) is 45.0 Å². The van der Waals surface area contributed by atoms with Gasteiger partial charge in [-0.05, 0) is 72.9 Å². The highest BCUT2D eigenvalue weighted by Gasteiger charge is 2.45. The first-order chi connectivity index (χ1) is 23.4. The van der Waals surface area contributed by atoms with Crippen LogP contribution in [0.4, 0.5) is 8.78 Å². The van der Waals surface area contributed by atoms with E-state index in [-0.39, 0.29) is 36.9 Å². The van der Waals surface area contributed by atoms with E-state index < -0.39 is 62.6 Å². The van der Waals surface area contributed by atoms with E-state index >= 15 is 0 Å². The number of aliphatic hydroxyl groups is 1. The lowest BCUT2D eigenvalue weighted by Gasteiger charge is -2.34. The minimum Gasteiger partial charge on any atom is -0.390 e. The SMILES string of the molecule is Cc1ccc(S(=O)(=O)N(CC(C)C)C[C@@H](O)[C@H](Cc2ccccc2)NC(=O)[C@@H](NC(=O)CNC2(c3cc(F)cc(F)c3)CC2)C(C)(C)C)cc1. The number of amides is 2. The summed E-state index contributed by atoms with van der Waals surface area (Å²) in [4.78, 5) is 27.3. The Morgan fingerprint density at radius 2 is 1.52 bits per heavy atom. The van der Waals surface area contributed by atoms with Crippen LogP contribution in [0.25, 0.3) is 0 Å². The zero-order chi connectivity index (χ0) is 36.9. The molecule has 4 rings (SSSR count). The molecule has 3 aromatic rings. The summed E-state index contributed by atoms with van der Waals surface area (Å²) in [6.07, 6.45) is 0.0857. The van der Waals surface area contributed by atoms with Crippen molar-refractivity contribution in [1.82, 2.24) is 20.3 Å². The standard InChI is InChI=1S/C38H50F2N4O5S/c1-25(2)23-44(50(48,49)31-14-12-26(3)13-15-31)24-33(45)32(18-27-10-8-7-9-11-27)42-36(47)35(37(4,5)6)43-34(46)22-41-38(16-17-38)28-19-29(39)21-30(40)20-28/h7-15,19-21,25,32-33,35,41,45H,16-18,22-24H2,1-6H3,(H,42,47)(H,43,46)/t32-,33+,35+/m0/s1. The Kier molecular flexibility index (Phi) is 12.6. The highest BCUT2D eigenvalue weighted by molar-refractivity contribution is 7.89. The van der Waals surface area contributed by atoms with E-state index in [0.29, 0.717) is 18.4 Å². The molecule has 0 bridgehead atoms. The third-order valence-electron chi connectivity index (χ3n) is 8.89. The normalized spacial score (nSPS) is 16.1. The Bertz CT molecular complexity index is 1710. The van der Waals surface area contributed by atoms with Crippen LogP contribution in [0, 0.1) is 29.9 Å². The summed E-state index contributed by atoms with van der Waals surface area (Å²) >= 11 is 0. The van der Waals surface area contributed by atoms with E-state index in [1.807, 2.05) is 51.1 Å². The van der Waals surface area contributed by atoms with Gasteiger partial charge in [0.05, 0.1) is 23.6 Å². The summed E-state index contributed by atoms with van der Waals surface area (Å²) in [6, 6.07) is 17.1. The maximum atomic E-state index is 14.0. The molecule has 1 fully saturated rings. The predicted molar refractivity (Wildman–Crippen MR) is 190 cm³/mol. The molecule has 12 heteroatoms. The number of hydrogen-bond donors (Lipinski definition) is 4. The number of aryl methyl sites for hydroxylation is 1. The number of sulfonamides is 1. The van der Waals surface area contributed by atoms with Crippen molar-refractivity contribution in [3.63, 3.8) is 0 Å². The minimum atomic E-state index is -3.98. The molecule has 0 radical (unpaired) electrons. The summed E-state index contributed by atoms with van der Waals surface area (Å²) < 4.78 is 56.6. The molecule has 50 heavy (non-hydrogen) atoms. The third kappa shape index (κ3) is 10.4. The molecule has 0 spiro atoms. The fourth-order valence-corrected chi connectivity index (χ4v) is 7.57. The molecular formula is C38H50F2N4O5S. The largest absolute Gasteiger partial charge is 0.390 e. The molecule has 272 valence electrons. The van der Waals surface area contributed by atoms with Crippen molar-refractivity contribution >= 4 is 21.8 Å². The van der Waals surface area contributed by atoms with Crippen LogP contribution in [0.5, 0.6) is 0 Å². The molecule has 2 amide bonds. The van der Waals surface area contributed by atoms with Gasteiger partial charge in [0.15, 0.2) is 0 Å². The van der Waals surface area contributed by atoms with Gasteiger partial charge >= 0.3 is 0 Å². The average Bonchev–Trinajstić information content (AvgIpc) is 3.83. The zero-order valence-electron chi connectivity index (χ0n) is 29.7. The molecule has 0 unspecified atom stereocenters. The van der Waals surface area contributed by atoms with Crippen LogP contribution in [0.15, 0.2) is 77.7 Å². The number of benzene rings is 3. The van der Waals surface area contributed by atoms with E-state index in [1.165, 1.54) is 16.4 Å². The predicted octanol–water partition coefficient (Wildman–Crippen LogP) is 4.82. The van der Waals surface area contributed by atoms with Crippen molar-refractivity contribution in [2.75, 3.05) is 19.6 Å². The topological polar surface area (TPSA) is 128 Å². The van der Waals surface area contributed by atoms with E-state index in [0.717, 1.165) is 17.2 Å². The van der Waals surface area contributed by atoms with Crippen molar-refractivity contribution in [2.45, 2.75) is 89.4 Å². The smallest absolute Gasteiger partial charge is 0.243 e. The molecule has 3 aromatic carbocycles. The Morgan fingerprint density at radius 1 is 0.920 bits per heavy atom. The fraction of sp³-hybridized carbons (Fsp3) is 0.474. The Hall–Kier alpha value is -3.71. The van der Waals surface area contributed by atoms with E-state index in [9.17, 15) is 31.9 Å². The lowest BCUT2D eigenvalue weighted by molar-refractivity contribution is -0.132. The highest BCUT2D eigenvalue weighted by atomic mass is 32.2. The van der Waals surface area contributed by atoms with Crippen molar-refractivity contribution in [2.24, 2.45) is 11.3 Å². The summed E-state index contributed by atoms with van der Waals surface area (Å²) in [7, 11) is -3.98. The second-order valence-corrected chi connectivity index (χ2v) is 16.8. The first-order valence-electron chi connectivity index (χ1n) is 17.0. The molecule has 1 saturated carbocycles. The van der Waals surface area contributed by atoms with Crippen LogP contribution in [0.3, 0.4) is 0 Å². The monoisotopic (exact) mass is 712 g/mol. The lowest BCUT2D eigenvalue weighted by Crippen LogP contribution is -2.59. The number of aliphatic hydroxyl groups excluding tert-OH is 1. The van der Waals surface area contributed by atoms with Crippen LogP contribution >= 0.6 is 0 Å². The Morgan fingerprint density at radius 3 is 2.06 bits per heavy atom. The number of hydrogen-bond acceptors (Lipinski definition) is 6. The number of halogens is 2. The average molecular weight is 713 g/mol. The molecule has 0 aromatic heterocycles. The van der Waals surface area contributed by atoms with Crippen LogP contribution < -0.4 is 16.0 Å². The van der Waals surface area contributed by atoms with Crippen molar-refractivity contribution in [3.05, 3.63) is 101 Å². The Labute approximate surface area is 294 Å². The number of rotatable bonds is 16. The minimum absolute atomic E-state index is 0.0478. The summed E-state index contributed by atoms with van der Waals surface area (Å²) in [5, 5.41) is 20.5. The zero-order valence-corrected chi connectivity index (χ0v) is 30.5. The third-order valence-corrected chi connectivity index (χ3v) is 10.7. The molecule has 1 aliphatic carbocycles. The summed E-state index contributed by atoms with van der Waals surface area (Å²) in [5.74, 6) is -2.48. The first-order valence-corrected chi connectivity index (χ1v) is 18.4. The van der Waals surface area contributed by atoms with Gasteiger partial charge in [0.25, 0.3) is 0 Å². The second kappa shape index (κ2) is 16.1. The van der Waals surface area contributed by atoms with Gasteiger partial charge in [0.1, 0.15) is 17.7 Å². The number of carbonyl (C=O) groups excluding carboxylic acids is 2. The van der Waals surface area contributed by atoms with Gasteiger partial charge in [-0.25, -0.2) is 17.2 Å². The van der Waals surface area contributed by atoms with Gasteiger partial charge < -0.3 is 15.7 Å². The lowest BCUT2D eigenvalue weighted by atomic mass is 9.85. The van der Waals surface area contributed by atoms with Gasteiger partial charge in [-0.2, -0.15) is 4.31 Å². The maximum Gasteiger partial charge on any atom is 0.243 e. The number of nitrogens with zero attached hydrogens (tertiary/aromatic N) is 1. The summed E-state index contributed by atoms with van der Waals surface area (Å²) in [6.45, 7) is 10.7. The van der Waals surface area contributed by atoms with Gasteiger partial charge in [0, 0.05) is 24.7 Å². The van der Waals surface area contributed by atoms with E-state index in [2.05, 4.69) is 16.0 Å². The molecular weight excluding hydrogens is 663 g/mol. The molecule has 0 heterocycles. The maximum absolute atomic E-state index is 14.0. The summed E-state index contributed by atoms with van der Waals surface area (Å²) in [5.41, 5.74) is 0.657. The van der Waals surface area contributed by atoms with Gasteiger partial charge in [0.2, 0.25) is 21.8 Å². The molecule has 9 nitrogen and oxygen atoms in total. The van der Waals surface area contributed by atoms with E-state index in [4.69, 9.17) is 0 Å². The van der Waals surface area contributed by atoms with Gasteiger partial charge in [-0.15, -0.1) is 0 Å². The van der Waals surface area contributed by atoms with Crippen LogP contribution in [0.2, 0.25) is 0 Å². The fourth-order valence-electron chi connectivity index (χ4n) is 5.95. The van der Waals surface area contributed by atoms with Crippen LogP contribution in [-0.4, -0.2) is 67.5 Å². The van der Waals surface area contributed by atoms with Crippen LogP contribution in [-0.2, 0) is 31.6 Å². The van der Waals surface area contributed by atoms with Crippen molar-refractivity contribution in [3.8, 4) is 0 Å². The van der Waals surface area contributed by atoms with Gasteiger partial charge in [-0.1, -0.05) is 82.6 Å². The quantitative estimate of drug-likeness (QED) is 0.169. The molecule has 0 aliphatic heterocycles. The van der Waals surface area contributed by atoms with Crippen molar-refractivity contribution < 1.29 is 31.9 Å². The van der Waals surface area contributed by atoms with Crippen LogP contribution in [0.1, 0.15) is 64.2 Å². The molecule has 4 N–H and O–H groups in total. The molecule has 3 atom stereocenters. The first kappa shape index (κ1) is 39.1. The second-order valence-electron chi connectivity index (χ2n) is 14.9. The van der Waals surface area contributed by atoms with Crippen molar-refractivity contribution in [1.29, 1.82) is 0 Å².